The van der Waals surface area contributed by atoms with E-state index in [1.807, 2.05) is 11.8 Å². The minimum Gasteiger partial charge on any atom is -0.481 e. The zero-order valence-electron chi connectivity index (χ0n) is 18.7. The molecule has 4 aromatic rings. The number of carboxylic acids is 1. The number of rotatable bonds is 7. The van der Waals surface area contributed by atoms with Gasteiger partial charge in [0.15, 0.2) is 5.65 Å². The fraction of sp³-hybridized carbons (Fsp3) is 0.273. The van der Waals surface area contributed by atoms with E-state index in [0.717, 1.165) is 17.2 Å². The SMILES string of the molecule is COc1cc(C)nc(CC(=O)C2CN(c3ccc4c(=O)c(C(=O)O)cn(-c5ncns5)c4n3)C2)n1. The van der Waals surface area contributed by atoms with Crippen molar-refractivity contribution >= 4 is 40.1 Å². The molecule has 0 aromatic carbocycles. The van der Waals surface area contributed by atoms with Crippen LogP contribution in [0.1, 0.15) is 21.9 Å². The van der Waals surface area contributed by atoms with Gasteiger partial charge in [-0.15, -0.1) is 0 Å². The molecule has 12 nitrogen and oxygen atoms in total. The molecule has 0 aliphatic carbocycles. The molecule has 0 atom stereocenters. The Morgan fingerprint density at radius 2 is 2.03 bits per heavy atom. The largest absolute Gasteiger partial charge is 0.481 e. The van der Waals surface area contributed by atoms with Crippen LogP contribution >= 0.6 is 11.5 Å². The third kappa shape index (κ3) is 4.21. The van der Waals surface area contributed by atoms with E-state index < -0.39 is 11.4 Å². The minimum atomic E-state index is -1.33. The monoisotopic (exact) mass is 493 g/mol. The first-order valence-corrected chi connectivity index (χ1v) is 11.3. The smallest absolute Gasteiger partial charge is 0.341 e. The van der Waals surface area contributed by atoms with Crippen LogP contribution in [0.4, 0.5) is 5.82 Å². The maximum atomic E-state index is 12.8. The van der Waals surface area contributed by atoms with Gasteiger partial charge in [-0.3, -0.25) is 14.2 Å². The summed E-state index contributed by atoms with van der Waals surface area (Å²) in [4.78, 5) is 56.2. The van der Waals surface area contributed by atoms with Gasteiger partial charge in [0.2, 0.25) is 16.4 Å². The number of Topliss-reactive ketones (excluding diaryl/α,β-unsaturated/α-hetero) is 1. The maximum absolute atomic E-state index is 12.8. The number of carbonyl (C=O) groups is 2. The topological polar surface area (TPSA) is 153 Å². The summed E-state index contributed by atoms with van der Waals surface area (Å²) in [6, 6.07) is 4.90. The number of ether oxygens (including phenoxy) is 1. The Balaban J connectivity index is 1.39. The van der Waals surface area contributed by atoms with Crippen LogP contribution in [0.3, 0.4) is 0 Å². The van der Waals surface area contributed by atoms with Gasteiger partial charge < -0.3 is 14.7 Å². The van der Waals surface area contributed by atoms with E-state index >= 15 is 0 Å². The summed E-state index contributed by atoms with van der Waals surface area (Å²) in [6.45, 7) is 2.72. The Morgan fingerprint density at radius 3 is 2.71 bits per heavy atom. The maximum Gasteiger partial charge on any atom is 0.341 e. The number of carbonyl (C=O) groups excluding carboxylic acids is 1. The van der Waals surface area contributed by atoms with Crippen LogP contribution < -0.4 is 15.1 Å². The summed E-state index contributed by atoms with van der Waals surface area (Å²) in [5, 5.41) is 9.98. The van der Waals surface area contributed by atoms with E-state index in [1.165, 1.54) is 24.2 Å². The van der Waals surface area contributed by atoms with Crippen molar-refractivity contribution in [2.45, 2.75) is 13.3 Å². The first-order valence-electron chi connectivity index (χ1n) is 10.6. The fourth-order valence-electron chi connectivity index (χ4n) is 3.89. The second-order valence-corrected chi connectivity index (χ2v) is 8.78. The molecule has 0 radical (unpaired) electrons. The number of pyridine rings is 2. The van der Waals surface area contributed by atoms with E-state index in [9.17, 15) is 19.5 Å². The molecule has 178 valence electrons. The summed E-state index contributed by atoms with van der Waals surface area (Å²) < 4.78 is 10.6. The number of anilines is 1. The lowest BCUT2D eigenvalue weighted by Crippen LogP contribution is -2.51. The van der Waals surface area contributed by atoms with Crippen molar-refractivity contribution in [3.63, 3.8) is 0 Å². The van der Waals surface area contributed by atoms with E-state index in [4.69, 9.17) is 4.74 Å². The predicted molar refractivity (Wildman–Crippen MR) is 126 cm³/mol. The van der Waals surface area contributed by atoms with E-state index in [2.05, 4.69) is 24.3 Å². The number of hydrogen-bond acceptors (Lipinski definition) is 11. The van der Waals surface area contributed by atoms with Crippen molar-refractivity contribution in [1.82, 2.24) is 28.9 Å². The standard InChI is InChI=1S/C22H19N7O5S/c1-11-5-18(34-2)26-16(25-11)6-15(30)12-7-28(8-12)17-4-3-13-19(31)14(21(32)33)9-29(20(13)27-17)22-23-10-24-35-22/h3-5,9-10,12H,6-8H2,1-2H3,(H,32,33). The molecule has 4 aromatic heterocycles. The van der Waals surface area contributed by atoms with Gasteiger partial charge in [0, 0.05) is 42.6 Å². The number of hydrogen-bond donors (Lipinski definition) is 1. The van der Waals surface area contributed by atoms with Gasteiger partial charge in [0.25, 0.3) is 0 Å². The fourth-order valence-corrected chi connectivity index (χ4v) is 4.40. The summed E-state index contributed by atoms with van der Waals surface area (Å²) >= 11 is 1.05. The predicted octanol–water partition coefficient (Wildman–Crippen LogP) is 1.29. The van der Waals surface area contributed by atoms with Crippen molar-refractivity contribution in [2.24, 2.45) is 5.92 Å². The Bertz CT molecular complexity index is 1510. The van der Waals surface area contributed by atoms with Crippen molar-refractivity contribution in [3.8, 4) is 11.0 Å². The highest BCUT2D eigenvalue weighted by Crippen LogP contribution is 2.27. The molecule has 0 amide bonds. The van der Waals surface area contributed by atoms with Crippen molar-refractivity contribution < 1.29 is 19.4 Å². The second kappa shape index (κ2) is 8.83. The number of aromatic carboxylic acids is 1. The van der Waals surface area contributed by atoms with Crippen molar-refractivity contribution in [2.75, 3.05) is 25.1 Å². The van der Waals surface area contributed by atoms with Gasteiger partial charge in [0.1, 0.15) is 29.3 Å². The van der Waals surface area contributed by atoms with Gasteiger partial charge in [-0.2, -0.15) is 9.36 Å². The average molecular weight is 494 g/mol. The molecular weight excluding hydrogens is 474 g/mol. The van der Waals surface area contributed by atoms with Crippen LogP contribution in [0.5, 0.6) is 5.88 Å². The third-order valence-electron chi connectivity index (χ3n) is 5.70. The molecular formula is C22H19N7O5S. The van der Waals surface area contributed by atoms with Gasteiger partial charge >= 0.3 is 5.97 Å². The molecule has 1 aliphatic rings. The van der Waals surface area contributed by atoms with Crippen molar-refractivity contribution in [3.05, 3.63) is 58.0 Å². The number of methoxy groups -OCH3 is 1. The van der Waals surface area contributed by atoms with Crippen molar-refractivity contribution in [1.29, 1.82) is 0 Å². The number of ketones is 1. The van der Waals surface area contributed by atoms with Gasteiger partial charge in [-0.05, 0) is 19.1 Å². The minimum absolute atomic E-state index is 0.0200. The van der Waals surface area contributed by atoms with Gasteiger partial charge in [-0.25, -0.2) is 19.7 Å². The Morgan fingerprint density at radius 1 is 1.23 bits per heavy atom. The first-order chi connectivity index (χ1) is 16.8. The highest BCUT2D eigenvalue weighted by atomic mass is 32.1. The lowest BCUT2D eigenvalue weighted by molar-refractivity contribution is -0.123. The van der Waals surface area contributed by atoms with Gasteiger partial charge in [0.05, 0.1) is 24.8 Å². The molecule has 0 bridgehead atoms. The Kier molecular flexibility index (Phi) is 5.68. The number of carboxylic acid groups (broad SMARTS) is 1. The van der Waals surface area contributed by atoms with E-state index in [0.29, 0.717) is 35.7 Å². The molecule has 5 rings (SSSR count). The molecule has 1 N–H and O–H groups in total. The summed E-state index contributed by atoms with van der Waals surface area (Å²) in [5.74, 6) is -0.115. The summed E-state index contributed by atoms with van der Waals surface area (Å²) in [7, 11) is 1.51. The second-order valence-electron chi connectivity index (χ2n) is 8.02. The lowest BCUT2D eigenvalue weighted by atomic mass is 9.93. The zero-order chi connectivity index (χ0) is 24.7. The first kappa shape index (κ1) is 22.5. The van der Waals surface area contributed by atoms with Crippen LogP contribution in [0.2, 0.25) is 0 Å². The Hall–Kier alpha value is -4.26. The quantitative estimate of drug-likeness (QED) is 0.396. The molecule has 0 spiro atoms. The van der Waals surface area contributed by atoms with E-state index in [1.54, 1.807) is 18.2 Å². The average Bonchev–Trinajstić information content (AvgIpc) is 3.32. The molecule has 1 aliphatic heterocycles. The number of fused-ring (bicyclic) bond motifs is 1. The Labute approximate surface area is 202 Å². The molecule has 13 heteroatoms. The van der Waals surface area contributed by atoms with Gasteiger partial charge in [-0.1, -0.05) is 0 Å². The van der Waals surface area contributed by atoms with Crippen LogP contribution in [-0.4, -0.2) is 65.9 Å². The van der Waals surface area contributed by atoms with Crippen LogP contribution in [0.15, 0.2) is 35.5 Å². The molecule has 5 heterocycles. The molecule has 0 unspecified atom stereocenters. The highest BCUT2D eigenvalue weighted by molar-refractivity contribution is 7.08. The molecule has 0 saturated carbocycles. The zero-order valence-corrected chi connectivity index (χ0v) is 19.5. The van der Waals surface area contributed by atoms with E-state index in [-0.39, 0.29) is 34.7 Å². The number of nitrogens with zero attached hydrogens (tertiary/aromatic N) is 7. The number of aryl methyl sites for hydroxylation is 1. The molecule has 1 fully saturated rings. The third-order valence-corrected chi connectivity index (χ3v) is 6.37. The highest BCUT2D eigenvalue weighted by Gasteiger charge is 2.34. The molecule has 1 saturated heterocycles. The van der Waals surface area contributed by atoms with Crippen LogP contribution in [0.25, 0.3) is 16.2 Å². The normalized spacial score (nSPS) is 13.6. The summed E-state index contributed by atoms with van der Waals surface area (Å²) in [6.07, 6.45) is 2.66. The lowest BCUT2D eigenvalue weighted by Gasteiger charge is -2.39. The summed E-state index contributed by atoms with van der Waals surface area (Å²) in [5.41, 5.74) is -0.0171. The van der Waals surface area contributed by atoms with Crippen LogP contribution in [-0.2, 0) is 11.2 Å². The number of aromatic nitrogens is 6. The van der Waals surface area contributed by atoms with Crippen LogP contribution in [0, 0.1) is 12.8 Å². The molecule has 35 heavy (non-hydrogen) atoms.